The number of nitrogens with zero attached hydrogens (tertiary/aromatic N) is 3. The second-order valence-electron chi connectivity index (χ2n) is 4.25. The first-order valence-corrected chi connectivity index (χ1v) is 6.22. The molecule has 1 aliphatic rings. The summed E-state index contributed by atoms with van der Waals surface area (Å²) in [7, 11) is 1.61. The third kappa shape index (κ3) is 3.85. The summed E-state index contributed by atoms with van der Waals surface area (Å²) in [6, 6.07) is 1.75. The van der Waals surface area contributed by atoms with Crippen LogP contribution in [0.2, 0.25) is 0 Å². The van der Waals surface area contributed by atoms with Gasteiger partial charge < -0.3 is 15.0 Å². The molecule has 2 heterocycles. The van der Waals surface area contributed by atoms with E-state index in [1.54, 1.807) is 19.4 Å². The number of nitrogens with one attached hydrogen (secondary N) is 1. The van der Waals surface area contributed by atoms with Crippen molar-refractivity contribution in [3.63, 3.8) is 0 Å². The van der Waals surface area contributed by atoms with Gasteiger partial charge >= 0.3 is 0 Å². The van der Waals surface area contributed by atoms with Crippen molar-refractivity contribution < 1.29 is 4.74 Å². The van der Waals surface area contributed by atoms with Gasteiger partial charge in [0.25, 0.3) is 0 Å². The number of hydrogen-bond acceptors (Lipinski definition) is 5. The molecule has 5 nitrogen and oxygen atoms in total. The number of anilines is 1. The Bertz CT molecular complexity index is 339. The van der Waals surface area contributed by atoms with E-state index in [1.165, 1.54) is 25.9 Å². The first-order chi connectivity index (χ1) is 8.38. The molecule has 0 unspecified atom stereocenters. The molecular weight excluding hydrogens is 216 g/mol. The maximum absolute atomic E-state index is 5.04. The fourth-order valence-corrected chi connectivity index (χ4v) is 2.05. The molecule has 1 aliphatic heterocycles. The Morgan fingerprint density at radius 3 is 3.00 bits per heavy atom. The third-order valence-corrected chi connectivity index (χ3v) is 2.97. The summed E-state index contributed by atoms with van der Waals surface area (Å²) >= 11 is 0. The Morgan fingerprint density at radius 2 is 2.24 bits per heavy atom. The van der Waals surface area contributed by atoms with Crippen molar-refractivity contribution in [2.45, 2.75) is 19.3 Å². The fourth-order valence-electron chi connectivity index (χ4n) is 2.05. The van der Waals surface area contributed by atoms with E-state index >= 15 is 0 Å². The molecule has 0 atom stereocenters. The molecule has 1 aromatic rings. The molecule has 1 N–H and O–H groups in total. The molecule has 1 saturated heterocycles. The fraction of sp³-hybridized carbons (Fsp3) is 0.667. The summed E-state index contributed by atoms with van der Waals surface area (Å²) in [5.74, 6) is 1.24. The second-order valence-corrected chi connectivity index (χ2v) is 4.25. The smallest absolute Gasteiger partial charge is 0.225 e. The van der Waals surface area contributed by atoms with Crippen molar-refractivity contribution in [3.8, 4) is 5.88 Å². The second kappa shape index (κ2) is 6.39. The standard InChI is InChI=1S/C12H20N4O/c1-17-11-5-7-14-12(15-11)13-6-4-10-16-8-2-3-9-16/h5,7H,2-4,6,8-10H2,1H3,(H,13,14,15). The van der Waals surface area contributed by atoms with E-state index in [0.717, 1.165) is 19.5 Å². The zero-order valence-corrected chi connectivity index (χ0v) is 10.4. The van der Waals surface area contributed by atoms with Crippen molar-refractivity contribution in [1.82, 2.24) is 14.9 Å². The zero-order valence-electron chi connectivity index (χ0n) is 10.4. The summed E-state index contributed by atoms with van der Waals surface area (Å²) in [6.07, 6.45) is 5.54. The summed E-state index contributed by atoms with van der Waals surface area (Å²) in [6.45, 7) is 4.59. The molecule has 94 valence electrons. The van der Waals surface area contributed by atoms with Crippen LogP contribution in [-0.2, 0) is 0 Å². The maximum atomic E-state index is 5.04. The first-order valence-electron chi connectivity index (χ1n) is 6.22. The Kier molecular flexibility index (Phi) is 4.55. The minimum absolute atomic E-state index is 0.599. The van der Waals surface area contributed by atoms with Gasteiger partial charge in [0.15, 0.2) is 0 Å². The molecule has 0 aliphatic carbocycles. The molecule has 0 bridgehead atoms. The zero-order chi connectivity index (χ0) is 11.9. The minimum Gasteiger partial charge on any atom is -0.481 e. The Labute approximate surface area is 102 Å². The van der Waals surface area contributed by atoms with E-state index < -0.39 is 0 Å². The lowest BCUT2D eigenvalue weighted by atomic mass is 10.4. The predicted octanol–water partition coefficient (Wildman–Crippen LogP) is 1.38. The lowest BCUT2D eigenvalue weighted by Crippen LogP contribution is -2.22. The highest BCUT2D eigenvalue weighted by molar-refractivity contribution is 5.26. The topological polar surface area (TPSA) is 50.3 Å². The molecule has 0 saturated carbocycles. The molecular formula is C12H20N4O. The lowest BCUT2D eigenvalue weighted by Gasteiger charge is -2.14. The van der Waals surface area contributed by atoms with Crippen LogP contribution in [0.25, 0.3) is 0 Å². The van der Waals surface area contributed by atoms with Gasteiger partial charge in [0.1, 0.15) is 0 Å². The van der Waals surface area contributed by atoms with E-state index in [1.807, 2.05) is 0 Å². The largest absolute Gasteiger partial charge is 0.481 e. The Balaban J connectivity index is 1.66. The van der Waals surface area contributed by atoms with Gasteiger partial charge in [-0.2, -0.15) is 4.98 Å². The number of ether oxygens (including phenoxy) is 1. The van der Waals surface area contributed by atoms with Crippen LogP contribution >= 0.6 is 0 Å². The molecule has 0 amide bonds. The van der Waals surface area contributed by atoms with E-state index in [4.69, 9.17) is 4.74 Å². The molecule has 1 fully saturated rings. The van der Waals surface area contributed by atoms with Crippen molar-refractivity contribution >= 4 is 5.95 Å². The highest BCUT2D eigenvalue weighted by atomic mass is 16.5. The molecule has 5 heteroatoms. The van der Waals surface area contributed by atoms with Gasteiger partial charge in [-0.25, -0.2) is 4.98 Å². The number of likely N-dealkylation sites (tertiary alicyclic amines) is 1. The van der Waals surface area contributed by atoms with Crippen LogP contribution in [-0.4, -0.2) is 48.2 Å². The Morgan fingerprint density at radius 1 is 1.41 bits per heavy atom. The highest BCUT2D eigenvalue weighted by Gasteiger charge is 2.10. The van der Waals surface area contributed by atoms with Gasteiger partial charge in [-0.1, -0.05) is 0 Å². The number of hydrogen-bond donors (Lipinski definition) is 1. The quantitative estimate of drug-likeness (QED) is 0.756. The van der Waals surface area contributed by atoms with Crippen LogP contribution in [0.3, 0.4) is 0 Å². The van der Waals surface area contributed by atoms with Crippen molar-refractivity contribution in [3.05, 3.63) is 12.3 Å². The van der Waals surface area contributed by atoms with Crippen LogP contribution in [0.5, 0.6) is 5.88 Å². The first kappa shape index (κ1) is 12.1. The van der Waals surface area contributed by atoms with Crippen LogP contribution < -0.4 is 10.1 Å². The number of rotatable bonds is 6. The van der Waals surface area contributed by atoms with E-state index in [0.29, 0.717) is 11.8 Å². The van der Waals surface area contributed by atoms with E-state index in [9.17, 15) is 0 Å². The van der Waals surface area contributed by atoms with Gasteiger partial charge in [0, 0.05) is 18.8 Å². The third-order valence-electron chi connectivity index (χ3n) is 2.97. The molecule has 2 rings (SSSR count). The summed E-state index contributed by atoms with van der Waals surface area (Å²) in [4.78, 5) is 10.9. The average molecular weight is 236 g/mol. The minimum atomic E-state index is 0.599. The van der Waals surface area contributed by atoms with Crippen LogP contribution in [0.15, 0.2) is 12.3 Å². The summed E-state index contributed by atoms with van der Waals surface area (Å²) < 4.78 is 5.04. The van der Waals surface area contributed by atoms with Crippen LogP contribution in [0.1, 0.15) is 19.3 Å². The molecule has 1 aromatic heterocycles. The molecule has 0 aromatic carbocycles. The highest BCUT2D eigenvalue weighted by Crippen LogP contribution is 2.09. The van der Waals surface area contributed by atoms with E-state index in [2.05, 4.69) is 20.2 Å². The predicted molar refractivity (Wildman–Crippen MR) is 67.4 cm³/mol. The normalized spacial score (nSPS) is 16.1. The average Bonchev–Trinajstić information content (AvgIpc) is 2.88. The van der Waals surface area contributed by atoms with Crippen LogP contribution in [0, 0.1) is 0 Å². The number of aromatic nitrogens is 2. The van der Waals surface area contributed by atoms with Crippen molar-refractivity contribution in [2.75, 3.05) is 38.6 Å². The van der Waals surface area contributed by atoms with Crippen molar-refractivity contribution in [1.29, 1.82) is 0 Å². The van der Waals surface area contributed by atoms with Gasteiger partial charge in [0.05, 0.1) is 7.11 Å². The summed E-state index contributed by atoms with van der Waals surface area (Å²) in [5.41, 5.74) is 0. The summed E-state index contributed by atoms with van der Waals surface area (Å²) in [5, 5.41) is 3.21. The number of methoxy groups -OCH3 is 1. The van der Waals surface area contributed by atoms with Crippen molar-refractivity contribution in [2.24, 2.45) is 0 Å². The van der Waals surface area contributed by atoms with Gasteiger partial charge in [0.2, 0.25) is 11.8 Å². The lowest BCUT2D eigenvalue weighted by molar-refractivity contribution is 0.337. The van der Waals surface area contributed by atoms with Gasteiger partial charge in [-0.15, -0.1) is 0 Å². The van der Waals surface area contributed by atoms with E-state index in [-0.39, 0.29) is 0 Å². The molecule has 17 heavy (non-hydrogen) atoms. The Hall–Kier alpha value is -1.36. The van der Waals surface area contributed by atoms with Crippen LogP contribution in [0.4, 0.5) is 5.95 Å². The van der Waals surface area contributed by atoms with Gasteiger partial charge in [-0.3, -0.25) is 0 Å². The van der Waals surface area contributed by atoms with Gasteiger partial charge in [-0.05, 0) is 38.9 Å². The maximum Gasteiger partial charge on any atom is 0.225 e. The molecule has 0 radical (unpaired) electrons. The monoisotopic (exact) mass is 236 g/mol. The SMILES string of the molecule is COc1ccnc(NCCCN2CCCC2)n1. The molecule has 0 spiro atoms.